The lowest BCUT2D eigenvalue weighted by Crippen LogP contribution is -2.23. The summed E-state index contributed by atoms with van der Waals surface area (Å²) in [6.45, 7) is 4.75. The molecule has 1 aromatic carbocycles. The number of fused-ring (bicyclic) bond motifs is 1. The van der Waals surface area contributed by atoms with Crippen LogP contribution in [0.5, 0.6) is 0 Å². The Hall–Kier alpha value is -2.20. The molecule has 3 aromatic rings. The molecule has 1 fully saturated rings. The highest BCUT2D eigenvalue weighted by Gasteiger charge is 2.19. The first kappa shape index (κ1) is 13.5. The van der Waals surface area contributed by atoms with Gasteiger partial charge in [-0.3, -0.25) is 4.90 Å². The quantitative estimate of drug-likeness (QED) is 0.740. The highest BCUT2D eigenvalue weighted by molar-refractivity contribution is 5.76. The van der Waals surface area contributed by atoms with Gasteiger partial charge in [-0.25, -0.2) is 9.50 Å². The van der Waals surface area contributed by atoms with E-state index in [2.05, 4.69) is 46.2 Å². The minimum absolute atomic E-state index is 0.499. The molecule has 0 spiro atoms. The van der Waals surface area contributed by atoms with E-state index in [9.17, 15) is 0 Å². The summed E-state index contributed by atoms with van der Waals surface area (Å²) in [5.41, 5.74) is 4.55. The number of hydrogen-bond donors (Lipinski definition) is 0. The molecule has 0 amide bonds. The fourth-order valence-electron chi connectivity index (χ4n) is 3.31. The van der Waals surface area contributed by atoms with Gasteiger partial charge in [-0.05, 0) is 50.0 Å². The van der Waals surface area contributed by atoms with Crippen molar-refractivity contribution in [1.29, 1.82) is 0 Å². The molecular weight excluding hydrogens is 272 g/mol. The Bertz CT molecular complexity index is 769. The number of likely N-dealkylation sites (tertiary alicyclic amines) is 1. The second-order valence-corrected chi connectivity index (χ2v) is 5.99. The molecule has 4 rings (SSSR count). The van der Waals surface area contributed by atoms with Gasteiger partial charge in [0.1, 0.15) is 0 Å². The number of hydrogen-bond acceptors (Lipinski definition) is 3. The first-order chi connectivity index (χ1) is 10.8. The van der Waals surface area contributed by atoms with Crippen LogP contribution in [0.1, 0.15) is 31.4 Å². The summed E-state index contributed by atoms with van der Waals surface area (Å²) in [6.07, 6.45) is 8.29. The Morgan fingerprint density at radius 3 is 2.64 bits per heavy atom. The van der Waals surface area contributed by atoms with Gasteiger partial charge in [0.05, 0.1) is 6.20 Å². The number of rotatable bonds is 3. The molecule has 1 aliphatic heterocycles. The van der Waals surface area contributed by atoms with Gasteiger partial charge in [0.15, 0.2) is 5.65 Å². The number of nitrogens with zero attached hydrogens (tertiary/aromatic N) is 4. The van der Waals surface area contributed by atoms with Crippen molar-refractivity contribution >= 4 is 5.65 Å². The maximum Gasteiger partial charge on any atom is 0.162 e. The fraction of sp³-hybridized carbons (Fsp3) is 0.333. The highest BCUT2D eigenvalue weighted by atomic mass is 15.2. The summed E-state index contributed by atoms with van der Waals surface area (Å²) < 4.78 is 1.82. The van der Waals surface area contributed by atoms with E-state index in [1.165, 1.54) is 37.1 Å². The maximum atomic E-state index is 4.43. The zero-order valence-corrected chi connectivity index (χ0v) is 12.8. The van der Waals surface area contributed by atoms with E-state index in [0.717, 1.165) is 11.2 Å². The van der Waals surface area contributed by atoms with Crippen LogP contribution in [0.3, 0.4) is 0 Å². The van der Waals surface area contributed by atoms with Crippen molar-refractivity contribution in [3.63, 3.8) is 0 Å². The molecule has 1 atom stereocenters. The molecule has 4 heteroatoms. The second kappa shape index (κ2) is 5.54. The third-order valence-corrected chi connectivity index (χ3v) is 4.67. The van der Waals surface area contributed by atoms with Crippen molar-refractivity contribution in [3.05, 3.63) is 54.5 Å². The summed E-state index contributed by atoms with van der Waals surface area (Å²) in [5, 5.41) is 4.36. The molecule has 0 radical (unpaired) electrons. The normalized spacial score (nSPS) is 17.1. The van der Waals surface area contributed by atoms with Gasteiger partial charge in [0.2, 0.25) is 0 Å². The van der Waals surface area contributed by atoms with Crippen LogP contribution < -0.4 is 0 Å². The number of benzene rings is 1. The van der Waals surface area contributed by atoms with E-state index in [0.29, 0.717) is 6.04 Å². The zero-order chi connectivity index (χ0) is 14.9. The van der Waals surface area contributed by atoms with Gasteiger partial charge in [0.25, 0.3) is 0 Å². The van der Waals surface area contributed by atoms with Gasteiger partial charge >= 0.3 is 0 Å². The lowest BCUT2D eigenvalue weighted by atomic mass is 10.0. The monoisotopic (exact) mass is 292 g/mol. The summed E-state index contributed by atoms with van der Waals surface area (Å²) >= 11 is 0. The van der Waals surface area contributed by atoms with E-state index in [4.69, 9.17) is 0 Å². The van der Waals surface area contributed by atoms with Crippen LogP contribution in [0.4, 0.5) is 0 Å². The van der Waals surface area contributed by atoms with E-state index < -0.39 is 0 Å². The molecule has 112 valence electrons. The van der Waals surface area contributed by atoms with Gasteiger partial charge in [-0.2, -0.15) is 5.10 Å². The Kier molecular flexibility index (Phi) is 3.39. The third kappa shape index (κ3) is 2.29. The fourth-order valence-corrected chi connectivity index (χ4v) is 3.31. The SMILES string of the molecule is C[C@@H](c1ccc(-c2cnn3cccnc23)cc1)N1CCCC1. The van der Waals surface area contributed by atoms with E-state index in [-0.39, 0.29) is 0 Å². The van der Waals surface area contributed by atoms with Crippen LogP contribution in [0.2, 0.25) is 0 Å². The maximum absolute atomic E-state index is 4.43. The van der Waals surface area contributed by atoms with Crippen molar-refractivity contribution in [3.8, 4) is 11.1 Å². The zero-order valence-electron chi connectivity index (χ0n) is 12.8. The van der Waals surface area contributed by atoms with Crippen molar-refractivity contribution in [2.75, 3.05) is 13.1 Å². The average Bonchev–Trinajstić information content (AvgIpc) is 3.24. The predicted octanol–water partition coefficient (Wildman–Crippen LogP) is 3.55. The molecule has 0 aliphatic carbocycles. The summed E-state index contributed by atoms with van der Waals surface area (Å²) in [4.78, 5) is 6.99. The summed E-state index contributed by atoms with van der Waals surface area (Å²) in [6, 6.07) is 11.2. The molecule has 1 saturated heterocycles. The minimum atomic E-state index is 0.499. The summed E-state index contributed by atoms with van der Waals surface area (Å²) in [7, 11) is 0. The van der Waals surface area contributed by atoms with Crippen LogP contribution in [0.25, 0.3) is 16.8 Å². The highest BCUT2D eigenvalue weighted by Crippen LogP contribution is 2.28. The predicted molar refractivity (Wildman–Crippen MR) is 87.6 cm³/mol. The molecule has 0 saturated carbocycles. The first-order valence-corrected chi connectivity index (χ1v) is 7.96. The van der Waals surface area contributed by atoms with E-state index in [1.807, 2.05) is 29.2 Å². The molecule has 4 nitrogen and oxygen atoms in total. The topological polar surface area (TPSA) is 33.4 Å². The smallest absolute Gasteiger partial charge is 0.162 e. The van der Waals surface area contributed by atoms with Gasteiger partial charge in [-0.15, -0.1) is 0 Å². The van der Waals surface area contributed by atoms with Crippen molar-refractivity contribution < 1.29 is 0 Å². The lowest BCUT2D eigenvalue weighted by Gasteiger charge is -2.24. The van der Waals surface area contributed by atoms with Crippen molar-refractivity contribution in [2.45, 2.75) is 25.8 Å². The first-order valence-electron chi connectivity index (χ1n) is 7.96. The lowest BCUT2D eigenvalue weighted by molar-refractivity contribution is 0.263. The Morgan fingerprint density at radius 2 is 1.86 bits per heavy atom. The minimum Gasteiger partial charge on any atom is -0.297 e. The average molecular weight is 292 g/mol. The summed E-state index contributed by atoms with van der Waals surface area (Å²) in [5.74, 6) is 0. The van der Waals surface area contributed by atoms with E-state index >= 15 is 0 Å². The number of aromatic nitrogens is 3. The Labute approximate surface area is 130 Å². The molecule has 0 bridgehead atoms. The van der Waals surface area contributed by atoms with Crippen LogP contribution in [0.15, 0.2) is 48.9 Å². The van der Waals surface area contributed by atoms with Crippen molar-refractivity contribution in [1.82, 2.24) is 19.5 Å². The van der Waals surface area contributed by atoms with Crippen LogP contribution in [0, 0.1) is 0 Å². The Balaban J connectivity index is 1.64. The van der Waals surface area contributed by atoms with E-state index in [1.54, 1.807) is 0 Å². The second-order valence-electron chi connectivity index (χ2n) is 5.99. The van der Waals surface area contributed by atoms with Crippen molar-refractivity contribution in [2.24, 2.45) is 0 Å². The van der Waals surface area contributed by atoms with Gasteiger partial charge < -0.3 is 0 Å². The largest absolute Gasteiger partial charge is 0.297 e. The Morgan fingerprint density at radius 1 is 1.09 bits per heavy atom. The molecule has 0 unspecified atom stereocenters. The molecule has 2 aromatic heterocycles. The van der Waals surface area contributed by atoms with Gasteiger partial charge in [-0.1, -0.05) is 24.3 Å². The standard InChI is InChI=1S/C18H20N4/c1-14(21-10-2-3-11-21)15-5-7-16(8-6-15)17-13-20-22-12-4-9-19-18(17)22/h4-9,12-14H,2-3,10-11H2,1H3/t14-/m0/s1. The van der Waals surface area contributed by atoms with Gasteiger partial charge in [0, 0.05) is 24.0 Å². The molecule has 3 heterocycles. The molecule has 1 aliphatic rings. The van der Waals surface area contributed by atoms with Crippen LogP contribution in [-0.2, 0) is 0 Å². The molecule has 0 N–H and O–H groups in total. The van der Waals surface area contributed by atoms with Crippen LogP contribution in [-0.4, -0.2) is 32.6 Å². The third-order valence-electron chi connectivity index (χ3n) is 4.67. The van der Waals surface area contributed by atoms with Crippen LogP contribution >= 0.6 is 0 Å². The molecular formula is C18H20N4. The molecule has 22 heavy (non-hydrogen) atoms.